The van der Waals surface area contributed by atoms with E-state index in [0.717, 1.165) is 0 Å². The normalized spacial score (nSPS) is 9.18. The Balaban J connectivity index is 3.24. The van der Waals surface area contributed by atoms with Crippen LogP contribution in [0.25, 0.3) is 0 Å². The number of aliphatic carboxylic acids is 1. The first-order chi connectivity index (χ1) is 5.16. The van der Waals surface area contributed by atoms with Crippen molar-refractivity contribution in [1.82, 2.24) is 0 Å². The first-order valence-electron chi connectivity index (χ1n) is 3.33. The maximum Gasteiger partial charge on any atom is 0.305 e. The Morgan fingerprint density at radius 2 is 2.00 bits per heavy atom. The second kappa shape index (κ2) is 5.70. The minimum atomic E-state index is -0.896. The Hall–Kier alpha value is -1.06. The molecular formula is C7H11O4. The molecule has 0 amide bonds. The number of carboxylic acids is 1. The lowest BCUT2D eigenvalue weighted by Gasteiger charge is -1.98. The predicted molar refractivity (Wildman–Crippen MR) is 37.8 cm³/mol. The van der Waals surface area contributed by atoms with Crippen molar-refractivity contribution in [1.29, 1.82) is 0 Å². The Bertz CT molecular complexity index is 141. The SMILES string of the molecule is [CH2]COC(=O)CCCC(=O)O. The van der Waals surface area contributed by atoms with Gasteiger partial charge in [0.05, 0.1) is 6.61 Å². The van der Waals surface area contributed by atoms with E-state index in [-0.39, 0.29) is 25.4 Å². The van der Waals surface area contributed by atoms with Crippen LogP contribution in [0, 0.1) is 6.92 Å². The largest absolute Gasteiger partial charge is 0.481 e. The quantitative estimate of drug-likeness (QED) is 0.597. The fourth-order valence-electron chi connectivity index (χ4n) is 0.570. The number of esters is 1. The van der Waals surface area contributed by atoms with Crippen LogP contribution >= 0.6 is 0 Å². The van der Waals surface area contributed by atoms with E-state index in [1.807, 2.05) is 0 Å². The molecule has 63 valence electrons. The van der Waals surface area contributed by atoms with Gasteiger partial charge in [-0.2, -0.15) is 0 Å². The summed E-state index contributed by atoms with van der Waals surface area (Å²) in [5.74, 6) is -1.28. The highest BCUT2D eigenvalue weighted by molar-refractivity contribution is 5.71. The van der Waals surface area contributed by atoms with E-state index in [9.17, 15) is 9.59 Å². The van der Waals surface area contributed by atoms with Gasteiger partial charge in [0.25, 0.3) is 0 Å². The minimum Gasteiger partial charge on any atom is -0.481 e. The first kappa shape index (κ1) is 9.94. The van der Waals surface area contributed by atoms with E-state index in [4.69, 9.17) is 5.11 Å². The molecule has 11 heavy (non-hydrogen) atoms. The third kappa shape index (κ3) is 6.83. The Kier molecular flexibility index (Phi) is 5.15. The summed E-state index contributed by atoms with van der Waals surface area (Å²) in [6.07, 6.45) is 0.488. The molecule has 0 aromatic heterocycles. The average Bonchev–Trinajstić information content (AvgIpc) is 1.87. The molecule has 0 aliphatic carbocycles. The van der Waals surface area contributed by atoms with Crippen LogP contribution < -0.4 is 0 Å². The van der Waals surface area contributed by atoms with E-state index in [1.165, 1.54) is 0 Å². The van der Waals surface area contributed by atoms with Gasteiger partial charge in [-0.1, -0.05) is 0 Å². The Labute approximate surface area is 65.2 Å². The van der Waals surface area contributed by atoms with Gasteiger partial charge in [0.15, 0.2) is 0 Å². The van der Waals surface area contributed by atoms with Gasteiger partial charge in [-0.15, -0.1) is 0 Å². The number of carbonyl (C=O) groups is 2. The molecule has 0 unspecified atom stereocenters. The smallest absolute Gasteiger partial charge is 0.305 e. The summed E-state index contributed by atoms with van der Waals surface area (Å²) in [4.78, 5) is 20.5. The molecule has 0 fully saturated rings. The summed E-state index contributed by atoms with van der Waals surface area (Å²) < 4.78 is 4.48. The van der Waals surface area contributed by atoms with Gasteiger partial charge < -0.3 is 9.84 Å². The maximum atomic E-state index is 10.6. The fourth-order valence-corrected chi connectivity index (χ4v) is 0.570. The monoisotopic (exact) mass is 159 g/mol. The molecule has 1 N–H and O–H groups in total. The van der Waals surface area contributed by atoms with Crippen molar-refractivity contribution in [2.75, 3.05) is 6.61 Å². The lowest BCUT2D eigenvalue weighted by atomic mass is 10.2. The van der Waals surface area contributed by atoms with Crippen LogP contribution in [-0.2, 0) is 14.3 Å². The molecule has 0 aromatic rings. The van der Waals surface area contributed by atoms with Gasteiger partial charge in [0, 0.05) is 12.8 Å². The van der Waals surface area contributed by atoms with E-state index in [2.05, 4.69) is 11.7 Å². The first-order valence-corrected chi connectivity index (χ1v) is 3.33. The second-order valence-corrected chi connectivity index (χ2v) is 1.97. The number of rotatable bonds is 5. The standard InChI is InChI=1S/C7H11O4/c1-2-11-7(10)5-3-4-6(8)9/h1-5H2,(H,8,9). The van der Waals surface area contributed by atoms with Crippen LogP contribution in [0.4, 0.5) is 0 Å². The van der Waals surface area contributed by atoms with Gasteiger partial charge in [0.2, 0.25) is 0 Å². The molecule has 4 heteroatoms. The number of ether oxygens (including phenoxy) is 1. The van der Waals surface area contributed by atoms with E-state index in [0.29, 0.717) is 6.42 Å². The minimum absolute atomic E-state index is 0.00619. The summed E-state index contributed by atoms with van der Waals surface area (Å²) in [5.41, 5.74) is 0. The molecule has 0 heterocycles. The van der Waals surface area contributed by atoms with Crippen LogP contribution in [0.1, 0.15) is 19.3 Å². The third-order valence-electron chi connectivity index (χ3n) is 1.03. The van der Waals surface area contributed by atoms with Crippen molar-refractivity contribution in [3.8, 4) is 0 Å². The molecule has 4 nitrogen and oxygen atoms in total. The molecule has 0 aliphatic heterocycles. The molecule has 0 saturated carbocycles. The topological polar surface area (TPSA) is 63.6 Å². The lowest BCUT2D eigenvalue weighted by Crippen LogP contribution is -2.05. The Morgan fingerprint density at radius 1 is 1.36 bits per heavy atom. The van der Waals surface area contributed by atoms with Gasteiger partial charge in [0.1, 0.15) is 0 Å². The summed E-state index contributed by atoms with van der Waals surface area (Å²) in [7, 11) is 0. The van der Waals surface area contributed by atoms with Gasteiger partial charge in [-0.3, -0.25) is 9.59 Å². The molecule has 1 radical (unpaired) electrons. The van der Waals surface area contributed by atoms with Crippen molar-refractivity contribution >= 4 is 11.9 Å². The summed E-state index contributed by atoms with van der Waals surface area (Å²) in [5, 5.41) is 8.19. The Morgan fingerprint density at radius 3 is 2.45 bits per heavy atom. The molecular weight excluding hydrogens is 148 g/mol. The van der Waals surface area contributed by atoms with Crippen molar-refractivity contribution in [2.24, 2.45) is 0 Å². The zero-order valence-corrected chi connectivity index (χ0v) is 6.21. The zero-order valence-electron chi connectivity index (χ0n) is 6.21. The molecule has 0 rings (SSSR count). The van der Waals surface area contributed by atoms with Crippen molar-refractivity contribution in [2.45, 2.75) is 19.3 Å². The van der Waals surface area contributed by atoms with Crippen LogP contribution in [0.15, 0.2) is 0 Å². The average molecular weight is 159 g/mol. The van der Waals surface area contributed by atoms with Crippen LogP contribution in [0.3, 0.4) is 0 Å². The van der Waals surface area contributed by atoms with E-state index < -0.39 is 5.97 Å². The summed E-state index contributed by atoms with van der Waals surface area (Å²) in [6.45, 7) is 3.41. The third-order valence-corrected chi connectivity index (χ3v) is 1.03. The maximum absolute atomic E-state index is 10.6. The number of hydrogen-bond donors (Lipinski definition) is 1. The number of hydrogen-bond acceptors (Lipinski definition) is 3. The number of carbonyl (C=O) groups excluding carboxylic acids is 1. The highest BCUT2D eigenvalue weighted by Crippen LogP contribution is 1.96. The van der Waals surface area contributed by atoms with Crippen LogP contribution in [-0.4, -0.2) is 23.7 Å². The van der Waals surface area contributed by atoms with Gasteiger partial charge >= 0.3 is 11.9 Å². The lowest BCUT2D eigenvalue weighted by molar-refractivity contribution is -0.142. The highest BCUT2D eigenvalue weighted by atomic mass is 16.5. The molecule has 0 bridgehead atoms. The summed E-state index contributed by atoms with van der Waals surface area (Å²) in [6, 6.07) is 0. The molecule has 0 aliphatic rings. The predicted octanol–water partition coefficient (Wildman–Crippen LogP) is 0.619. The summed E-state index contributed by atoms with van der Waals surface area (Å²) >= 11 is 0. The molecule has 0 spiro atoms. The molecule has 0 aromatic carbocycles. The van der Waals surface area contributed by atoms with E-state index >= 15 is 0 Å². The van der Waals surface area contributed by atoms with Crippen molar-refractivity contribution in [3.05, 3.63) is 6.92 Å². The molecule has 0 saturated heterocycles. The fraction of sp³-hybridized carbons (Fsp3) is 0.571. The number of carboxylic acid groups (broad SMARTS) is 1. The second-order valence-electron chi connectivity index (χ2n) is 1.97. The molecule has 0 atom stereocenters. The van der Waals surface area contributed by atoms with Crippen molar-refractivity contribution < 1.29 is 19.4 Å². The van der Waals surface area contributed by atoms with Crippen LogP contribution in [0.2, 0.25) is 0 Å². The highest BCUT2D eigenvalue weighted by Gasteiger charge is 2.02. The van der Waals surface area contributed by atoms with Gasteiger partial charge in [-0.05, 0) is 13.3 Å². The van der Waals surface area contributed by atoms with Gasteiger partial charge in [-0.25, -0.2) is 0 Å². The zero-order chi connectivity index (χ0) is 8.69. The van der Waals surface area contributed by atoms with Crippen molar-refractivity contribution in [3.63, 3.8) is 0 Å². The van der Waals surface area contributed by atoms with Crippen LogP contribution in [0.5, 0.6) is 0 Å². The van der Waals surface area contributed by atoms with E-state index in [1.54, 1.807) is 0 Å².